The number of nitrogens with two attached hydrogens (primary N) is 2. The fourth-order valence-electron chi connectivity index (χ4n) is 1.42. The highest BCUT2D eigenvalue weighted by Crippen LogP contribution is 2.09. The minimum absolute atomic E-state index is 0.132. The Morgan fingerprint density at radius 3 is 2.21 bits per heavy atom. The quantitative estimate of drug-likeness (QED) is 0.527. The molecule has 78 valence electrons. The van der Waals surface area contributed by atoms with Crippen LogP contribution in [0.4, 0.5) is 4.79 Å². The summed E-state index contributed by atoms with van der Waals surface area (Å²) in [6.45, 7) is 4.23. The van der Waals surface area contributed by atoms with Crippen molar-refractivity contribution in [2.24, 2.45) is 5.73 Å². The molecule has 14 heavy (non-hydrogen) atoms. The Balaban J connectivity index is 3.00. The Morgan fingerprint density at radius 1 is 1.29 bits per heavy atom. The van der Waals surface area contributed by atoms with E-state index in [4.69, 9.17) is 11.1 Å². The minimum Gasteiger partial charge on any atom is -0.310 e. The third-order valence-electron chi connectivity index (χ3n) is 2.26. The van der Waals surface area contributed by atoms with Crippen molar-refractivity contribution in [3.05, 3.63) is 0 Å². The van der Waals surface area contributed by atoms with Crippen molar-refractivity contribution in [1.82, 2.24) is 9.80 Å². The molecule has 1 unspecified atom stereocenters. The van der Waals surface area contributed by atoms with Crippen LogP contribution in [0, 0.1) is 0 Å². The van der Waals surface area contributed by atoms with E-state index in [-0.39, 0.29) is 11.9 Å². The van der Waals surface area contributed by atoms with E-state index in [1.54, 1.807) is 13.8 Å². The maximum atomic E-state index is 11.6. The first-order valence-corrected chi connectivity index (χ1v) is 4.55. The van der Waals surface area contributed by atoms with E-state index in [0.29, 0.717) is 13.1 Å². The van der Waals surface area contributed by atoms with Crippen LogP contribution >= 0.6 is 0 Å². The Labute approximate surface area is 82.2 Å². The lowest BCUT2D eigenvalue weighted by Crippen LogP contribution is -2.72. The number of hydrogen-bond donors (Lipinski definition) is 2. The van der Waals surface area contributed by atoms with Crippen LogP contribution in [0.15, 0.2) is 0 Å². The Hall–Kier alpha value is -1.43. The smallest absolute Gasteiger partial charge is 0.310 e. The number of nitrogens with zero attached hydrogens (tertiary/aromatic N) is 2. The van der Waals surface area contributed by atoms with Gasteiger partial charge >= 0.3 is 6.03 Å². The Kier molecular flexibility index (Phi) is 2.85. The average molecular weight is 199 g/mol. The molecule has 1 heterocycles. The number of likely N-dealkylation sites (N-methyl/N-ethyl adjacent to an activating group) is 2. The van der Waals surface area contributed by atoms with Gasteiger partial charge in [0.05, 0.1) is 6.54 Å². The van der Waals surface area contributed by atoms with Gasteiger partial charge < -0.3 is 5.73 Å². The molecule has 1 aliphatic rings. The summed E-state index contributed by atoms with van der Waals surface area (Å²) in [6, 6.07) is -1.29. The molecule has 0 aromatic rings. The predicted molar refractivity (Wildman–Crippen MR) is 50.1 cm³/mol. The van der Waals surface area contributed by atoms with Crippen molar-refractivity contribution < 1.29 is 15.0 Å². The van der Waals surface area contributed by atoms with Gasteiger partial charge in [-0.15, -0.1) is 0 Å². The molecule has 0 aliphatic carbocycles. The van der Waals surface area contributed by atoms with Crippen LogP contribution in [0.2, 0.25) is 0 Å². The fraction of sp³-hybridized carbons (Fsp3) is 0.625. The Bertz CT molecular complexity index is 263. The van der Waals surface area contributed by atoms with Crippen molar-refractivity contribution in [1.29, 1.82) is 0 Å². The number of amides is 3. The second-order valence-corrected chi connectivity index (χ2v) is 3.01. The summed E-state index contributed by atoms with van der Waals surface area (Å²) < 4.78 is 0. The highest BCUT2D eigenvalue weighted by Gasteiger charge is 2.45. The SMILES string of the molecule is CCN1C(=[NH2+])C(N)C(=O)N(CC)C1=O. The zero-order valence-corrected chi connectivity index (χ0v) is 8.36. The molecule has 0 spiro atoms. The minimum atomic E-state index is -0.896. The monoisotopic (exact) mass is 199 g/mol. The highest BCUT2D eigenvalue weighted by molar-refractivity contribution is 6.18. The summed E-state index contributed by atoms with van der Waals surface area (Å²) in [5, 5.41) is 5.58. The molecular weight excluding hydrogens is 184 g/mol. The molecule has 1 atom stereocenters. The van der Waals surface area contributed by atoms with Crippen molar-refractivity contribution in [3.63, 3.8) is 0 Å². The number of imide groups is 1. The van der Waals surface area contributed by atoms with Crippen molar-refractivity contribution >= 4 is 17.8 Å². The second kappa shape index (κ2) is 3.75. The van der Waals surface area contributed by atoms with Gasteiger partial charge in [-0.3, -0.25) is 10.2 Å². The summed E-state index contributed by atoms with van der Waals surface area (Å²) in [4.78, 5) is 25.5. The standard InChI is InChI=1S/C8H14N4O2/c1-3-11-6(10)5(9)7(13)12(4-2)8(11)14/h5,10H,3-4,9H2,1-2H3/p+1. The highest BCUT2D eigenvalue weighted by atomic mass is 16.2. The van der Waals surface area contributed by atoms with E-state index in [0.717, 1.165) is 4.90 Å². The lowest BCUT2D eigenvalue weighted by molar-refractivity contribution is -0.144. The summed E-state index contributed by atoms with van der Waals surface area (Å²) in [6.07, 6.45) is 0. The number of rotatable bonds is 2. The number of hydrogen-bond acceptors (Lipinski definition) is 3. The van der Waals surface area contributed by atoms with Gasteiger partial charge in [-0.2, -0.15) is 4.90 Å². The largest absolute Gasteiger partial charge is 0.417 e. The van der Waals surface area contributed by atoms with Crippen LogP contribution in [-0.4, -0.2) is 46.7 Å². The normalized spacial score (nSPS) is 23.4. The molecule has 3 amide bonds. The molecule has 0 bridgehead atoms. The number of carbonyl (C=O) groups is 2. The van der Waals surface area contributed by atoms with E-state index >= 15 is 0 Å². The number of urea groups is 1. The number of carbonyl (C=O) groups excluding carboxylic acids is 2. The van der Waals surface area contributed by atoms with Crippen molar-refractivity contribution in [2.75, 3.05) is 13.1 Å². The van der Waals surface area contributed by atoms with Gasteiger partial charge in [-0.25, -0.2) is 9.69 Å². The van der Waals surface area contributed by atoms with Gasteiger partial charge in [0.25, 0.3) is 11.7 Å². The first-order valence-electron chi connectivity index (χ1n) is 4.55. The molecule has 6 nitrogen and oxygen atoms in total. The van der Waals surface area contributed by atoms with Crippen molar-refractivity contribution in [3.8, 4) is 0 Å². The molecule has 0 saturated carbocycles. The maximum Gasteiger partial charge on any atom is 0.417 e. The van der Waals surface area contributed by atoms with E-state index < -0.39 is 11.9 Å². The molecule has 6 heteroatoms. The van der Waals surface area contributed by atoms with E-state index in [2.05, 4.69) is 0 Å². The average Bonchev–Trinajstić information content (AvgIpc) is 2.16. The molecule has 1 saturated heterocycles. The molecule has 0 aromatic carbocycles. The first-order chi connectivity index (χ1) is 6.54. The molecule has 4 N–H and O–H groups in total. The number of amidine groups is 1. The van der Waals surface area contributed by atoms with Crippen LogP contribution in [0.25, 0.3) is 0 Å². The Morgan fingerprint density at radius 2 is 1.79 bits per heavy atom. The van der Waals surface area contributed by atoms with Gasteiger partial charge in [-0.05, 0) is 13.8 Å². The first kappa shape index (κ1) is 10.6. The summed E-state index contributed by atoms with van der Waals surface area (Å²) in [7, 11) is 0. The topological polar surface area (TPSA) is 92.2 Å². The molecule has 1 aliphatic heterocycles. The molecule has 0 aromatic heterocycles. The lowest BCUT2D eigenvalue weighted by Gasteiger charge is -2.30. The molecule has 1 fully saturated rings. The van der Waals surface area contributed by atoms with Gasteiger partial charge in [0, 0.05) is 6.54 Å². The summed E-state index contributed by atoms with van der Waals surface area (Å²) in [5.74, 6) is -0.299. The third-order valence-corrected chi connectivity index (χ3v) is 2.26. The van der Waals surface area contributed by atoms with Crippen LogP contribution in [-0.2, 0) is 4.79 Å². The predicted octanol–water partition coefficient (Wildman–Crippen LogP) is -2.22. The van der Waals surface area contributed by atoms with E-state index in [9.17, 15) is 9.59 Å². The molecule has 0 radical (unpaired) electrons. The fourth-order valence-corrected chi connectivity index (χ4v) is 1.42. The molecular formula is C8H15N4O2+. The van der Waals surface area contributed by atoms with Gasteiger partial charge in [0.15, 0.2) is 6.04 Å². The van der Waals surface area contributed by atoms with E-state index in [1.807, 2.05) is 0 Å². The van der Waals surface area contributed by atoms with E-state index in [1.165, 1.54) is 4.90 Å². The summed E-state index contributed by atoms with van der Waals surface area (Å²) in [5.41, 5.74) is 5.57. The van der Waals surface area contributed by atoms with Crippen LogP contribution in [0.3, 0.4) is 0 Å². The van der Waals surface area contributed by atoms with Crippen LogP contribution < -0.4 is 11.1 Å². The lowest BCUT2D eigenvalue weighted by atomic mass is 10.2. The van der Waals surface area contributed by atoms with Gasteiger partial charge in [-0.1, -0.05) is 0 Å². The zero-order valence-electron chi connectivity index (χ0n) is 8.36. The molecule has 1 rings (SSSR count). The summed E-state index contributed by atoms with van der Waals surface area (Å²) >= 11 is 0. The zero-order chi connectivity index (χ0) is 10.9. The van der Waals surface area contributed by atoms with Crippen LogP contribution in [0.1, 0.15) is 13.8 Å². The third kappa shape index (κ3) is 1.37. The maximum absolute atomic E-state index is 11.6. The second-order valence-electron chi connectivity index (χ2n) is 3.01. The van der Waals surface area contributed by atoms with Gasteiger partial charge in [0.1, 0.15) is 0 Å². The van der Waals surface area contributed by atoms with Crippen molar-refractivity contribution in [2.45, 2.75) is 19.9 Å². The van der Waals surface area contributed by atoms with Crippen LogP contribution in [0.5, 0.6) is 0 Å². The van der Waals surface area contributed by atoms with Gasteiger partial charge in [0.2, 0.25) is 0 Å².